The zero-order chi connectivity index (χ0) is 38.8. The molecule has 2 nitrogen and oxygen atoms in total. The van der Waals surface area contributed by atoms with E-state index >= 15 is 0 Å². The van der Waals surface area contributed by atoms with Crippen LogP contribution in [0.15, 0.2) is 168 Å². The number of fused-ring (bicyclic) bond motifs is 9. The minimum Gasteiger partial charge on any atom is -0.455 e. The molecule has 0 aliphatic heterocycles. The molecule has 0 radical (unpaired) electrons. The van der Waals surface area contributed by atoms with Crippen molar-refractivity contribution in [1.29, 1.82) is 0 Å². The van der Waals surface area contributed by atoms with E-state index in [1.165, 1.54) is 5.56 Å². The number of rotatable bonds is 4. The third kappa shape index (κ3) is 4.14. The fourth-order valence-corrected chi connectivity index (χ4v) is 7.81. The van der Waals surface area contributed by atoms with Crippen LogP contribution in [0, 0.1) is 0 Å². The lowest BCUT2D eigenvalue weighted by molar-refractivity contribution is 0.660. The van der Waals surface area contributed by atoms with Gasteiger partial charge in [-0.05, 0) is 86.6 Å². The Morgan fingerprint density at radius 3 is 2.29 bits per heavy atom. The van der Waals surface area contributed by atoms with Crippen molar-refractivity contribution < 1.29 is 14.0 Å². The van der Waals surface area contributed by atoms with Crippen molar-refractivity contribution in [2.45, 2.75) is 19.3 Å². The van der Waals surface area contributed by atoms with Crippen molar-refractivity contribution in [1.82, 2.24) is 0 Å². The molecule has 0 amide bonds. The van der Waals surface area contributed by atoms with E-state index in [0.717, 1.165) is 60.5 Å². The SMILES string of the molecule is [2H]c1c([2H])c([2H])c2c(N(c3cccc(-c4cccc5oc6c7ccccc7ccc6c45)c3)c3ccc4c(c3)C(C)(C)c3ccccc3-4)c([2H])c([2H])c([2H])c2c1[2H]. The Labute approximate surface area is 295 Å². The molecule has 8 aromatic carbocycles. The second kappa shape index (κ2) is 10.4. The Balaban J connectivity index is 1.27. The summed E-state index contributed by atoms with van der Waals surface area (Å²) in [4.78, 5) is 1.83. The van der Waals surface area contributed by atoms with E-state index in [-0.39, 0.29) is 34.0 Å². The van der Waals surface area contributed by atoms with Gasteiger partial charge in [-0.25, -0.2) is 0 Å². The molecule has 10 rings (SSSR count). The molecule has 0 saturated heterocycles. The molecule has 2 heteroatoms. The molecule has 0 bridgehead atoms. The van der Waals surface area contributed by atoms with Gasteiger partial charge < -0.3 is 9.32 Å². The number of hydrogen-bond donors (Lipinski definition) is 0. The van der Waals surface area contributed by atoms with E-state index in [1.807, 2.05) is 71.6 Å². The van der Waals surface area contributed by atoms with Gasteiger partial charge in [0.1, 0.15) is 11.2 Å². The summed E-state index contributed by atoms with van der Waals surface area (Å²) < 4.78 is 68.9. The largest absolute Gasteiger partial charge is 0.455 e. The molecule has 232 valence electrons. The summed E-state index contributed by atoms with van der Waals surface area (Å²) in [5, 5.41) is 3.98. The number of nitrogens with zero attached hydrogens (tertiary/aromatic N) is 1. The van der Waals surface area contributed by atoms with Gasteiger partial charge in [-0.3, -0.25) is 0 Å². The Morgan fingerprint density at radius 1 is 0.551 bits per heavy atom. The first-order valence-corrected chi connectivity index (χ1v) is 16.4. The highest BCUT2D eigenvalue weighted by Crippen LogP contribution is 2.51. The van der Waals surface area contributed by atoms with Crippen LogP contribution in [-0.2, 0) is 5.41 Å². The maximum absolute atomic E-state index is 9.42. The summed E-state index contributed by atoms with van der Waals surface area (Å²) >= 11 is 0. The standard InChI is InChI=1S/C47H33NO/c1-47(2)41-21-8-7-19-38(41)39-27-25-34(29-42(39)47)48(43-22-10-14-30-12-3-5-17-35(30)43)33-16-9-15-32(28-33)36-20-11-23-44-45(36)40-26-24-31-13-4-6-18-37(31)46(40)49-44/h3-29H,1-2H3/i3D,5D,10D,12D,14D,17D,22D. The van der Waals surface area contributed by atoms with E-state index < -0.39 is 30.2 Å². The highest BCUT2D eigenvalue weighted by atomic mass is 16.3. The van der Waals surface area contributed by atoms with Gasteiger partial charge in [0.05, 0.1) is 15.3 Å². The third-order valence-corrected chi connectivity index (χ3v) is 10.1. The van der Waals surface area contributed by atoms with E-state index in [9.17, 15) is 1.37 Å². The summed E-state index contributed by atoms with van der Waals surface area (Å²) in [5.41, 5.74) is 8.87. The van der Waals surface area contributed by atoms with Gasteiger partial charge in [0.15, 0.2) is 0 Å². The number of furan rings is 1. The van der Waals surface area contributed by atoms with Gasteiger partial charge in [0, 0.05) is 38.3 Å². The monoisotopic (exact) mass is 634 g/mol. The normalized spacial score (nSPS) is 15.3. The summed E-state index contributed by atoms with van der Waals surface area (Å²) in [5.74, 6) is 0. The average Bonchev–Trinajstić information content (AvgIpc) is 3.72. The first-order valence-electron chi connectivity index (χ1n) is 19.9. The molecule has 0 atom stereocenters. The van der Waals surface area contributed by atoms with Crippen LogP contribution < -0.4 is 4.90 Å². The Hall–Kier alpha value is -6.12. The topological polar surface area (TPSA) is 16.4 Å². The highest BCUT2D eigenvalue weighted by Gasteiger charge is 2.35. The Kier molecular flexibility index (Phi) is 4.62. The fourth-order valence-electron chi connectivity index (χ4n) is 7.81. The molecule has 0 fully saturated rings. The van der Waals surface area contributed by atoms with E-state index in [1.54, 1.807) is 0 Å². The molecule has 9 aromatic rings. The van der Waals surface area contributed by atoms with Crippen LogP contribution in [0.2, 0.25) is 0 Å². The number of hydrogen-bond acceptors (Lipinski definition) is 2. The molecule has 1 aromatic heterocycles. The molecular weight excluding hydrogens is 595 g/mol. The Bertz CT molecular complexity index is 3160. The molecule has 49 heavy (non-hydrogen) atoms. The van der Waals surface area contributed by atoms with Crippen LogP contribution in [0.3, 0.4) is 0 Å². The first-order chi connectivity index (χ1) is 27.0. The van der Waals surface area contributed by atoms with Gasteiger partial charge in [-0.2, -0.15) is 0 Å². The van der Waals surface area contributed by atoms with Gasteiger partial charge in [-0.1, -0.05) is 135 Å². The molecular formula is C47H33NO. The minimum atomic E-state index is -0.488. The predicted octanol–water partition coefficient (Wildman–Crippen LogP) is 13.3. The zero-order valence-electron chi connectivity index (χ0n) is 33.9. The molecule has 0 unspecified atom stereocenters. The second-order valence-electron chi connectivity index (χ2n) is 13.2. The van der Waals surface area contributed by atoms with Crippen molar-refractivity contribution in [3.8, 4) is 22.3 Å². The minimum absolute atomic E-state index is 0.0188. The van der Waals surface area contributed by atoms with E-state index in [0.29, 0.717) is 11.4 Å². The predicted molar refractivity (Wildman–Crippen MR) is 206 cm³/mol. The van der Waals surface area contributed by atoms with Crippen LogP contribution in [0.1, 0.15) is 34.6 Å². The van der Waals surface area contributed by atoms with E-state index in [4.69, 9.17) is 12.6 Å². The van der Waals surface area contributed by atoms with Crippen molar-refractivity contribution in [3.63, 3.8) is 0 Å². The van der Waals surface area contributed by atoms with E-state index in [2.05, 4.69) is 68.4 Å². The van der Waals surface area contributed by atoms with Crippen LogP contribution in [0.4, 0.5) is 17.1 Å². The van der Waals surface area contributed by atoms with Crippen LogP contribution in [-0.4, -0.2) is 0 Å². The lowest BCUT2D eigenvalue weighted by Crippen LogP contribution is -2.16. The summed E-state index contributed by atoms with van der Waals surface area (Å²) in [6.45, 7) is 4.37. The van der Waals surface area contributed by atoms with Gasteiger partial charge in [0.25, 0.3) is 0 Å². The van der Waals surface area contributed by atoms with Crippen molar-refractivity contribution in [2.75, 3.05) is 4.90 Å². The second-order valence-corrected chi connectivity index (χ2v) is 13.2. The van der Waals surface area contributed by atoms with Crippen molar-refractivity contribution >= 4 is 60.5 Å². The lowest BCUT2D eigenvalue weighted by Gasteiger charge is -2.29. The van der Waals surface area contributed by atoms with Crippen molar-refractivity contribution in [2.24, 2.45) is 0 Å². The molecule has 0 spiro atoms. The summed E-state index contributed by atoms with van der Waals surface area (Å²) in [6, 6.07) is 37.8. The van der Waals surface area contributed by atoms with Crippen LogP contribution >= 0.6 is 0 Å². The molecule has 1 heterocycles. The maximum atomic E-state index is 9.42. The summed E-state index contributed by atoms with van der Waals surface area (Å²) in [7, 11) is 0. The lowest BCUT2D eigenvalue weighted by atomic mass is 9.82. The maximum Gasteiger partial charge on any atom is 0.143 e. The van der Waals surface area contributed by atoms with Crippen LogP contribution in [0.5, 0.6) is 0 Å². The molecule has 0 N–H and O–H groups in total. The van der Waals surface area contributed by atoms with Gasteiger partial charge >= 0.3 is 0 Å². The summed E-state index contributed by atoms with van der Waals surface area (Å²) in [6.07, 6.45) is 0. The van der Waals surface area contributed by atoms with Crippen molar-refractivity contribution in [3.05, 3.63) is 175 Å². The quantitative estimate of drug-likeness (QED) is 0.191. The molecule has 1 aliphatic carbocycles. The smallest absolute Gasteiger partial charge is 0.143 e. The number of benzene rings is 8. The van der Waals surface area contributed by atoms with Crippen LogP contribution in [0.25, 0.3) is 65.7 Å². The first kappa shape index (κ1) is 21.7. The molecule has 1 aliphatic rings. The number of anilines is 3. The third-order valence-electron chi connectivity index (χ3n) is 10.1. The fraction of sp³-hybridized carbons (Fsp3) is 0.0638. The zero-order valence-corrected chi connectivity index (χ0v) is 26.9. The van der Waals surface area contributed by atoms with Gasteiger partial charge in [-0.15, -0.1) is 0 Å². The highest BCUT2D eigenvalue weighted by molar-refractivity contribution is 6.19. The average molecular weight is 635 g/mol. The van der Waals surface area contributed by atoms with Gasteiger partial charge in [0.2, 0.25) is 0 Å². The Morgan fingerprint density at radius 2 is 1.33 bits per heavy atom. The molecule has 0 saturated carbocycles.